The van der Waals surface area contributed by atoms with Gasteiger partial charge >= 0.3 is 0 Å². The molecule has 6 nitrogen and oxygen atoms in total. The fourth-order valence-corrected chi connectivity index (χ4v) is 5.07. The van der Waals surface area contributed by atoms with Crippen molar-refractivity contribution in [2.75, 3.05) is 13.6 Å². The second-order valence-electron chi connectivity index (χ2n) is 10.5. The third-order valence-corrected chi connectivity index (χ3v) is 8.36. The lowest BCUT2D eigenvalue weighted by atomic mass is 10.0. The van der Waals surface area contributed by atoms with Crippen molar-refractivity contribution in [3.05, 3.63) is 80.3 Å². The molecule has 0 bridgehead atoms. The van der Waals surface area contributed by atoms with E-state index in [0.29, 0.717) is 30.7 Å². The molecule has 0 saturated heterocycles. The number of thiophene rings is 1. The van der Waals surface area contributed by atoms with Gasteiger partial charge in [0.15, 0.2) is 5.84 Å². The molecule has 0 spiro atoms. The standard InChI is InChI=1S/C20H29N5OS.C14H24/c1-5-7-14(21)10-18(23-4)24-19(22)16-12-27-17-11-25(9-8-15(16)17)20(26)13(3)6-2;1-6-12(3)10-8-9-11-14(5)13(4)7-2/h6,10,12H,5,7-9,11,21H2,1-4H3,(H2,22,23,24);8-12H,6-7H2,1-5H3/b13-6+,14-10-;10-8-,11-9-,14-13?. The molecule has 7 heteroatoms. The number of amides is 1. The van der Waals surface area contributed by atoms with Gasteiger partial charge < -0.3 is 16.4 Å². The van der Waals surface area contributed by atoms with Crippen LogP contribution in [0.2, 0.25) is 0 Å². The molecule has 0 aromatic carbocycles. The zero-order valence-corrected chi connectivity index (χ0v) is 27.7. The number of hydrogen-bond acceptors (Lipinski definition) is 4. The summed E-state index contributed by atoms with van der Waals surface area (Å²) < 4.78 is 0. The van der Waals surface area contributed by atoms with Crippen LogP contribution in [0.3, 0.4) is 0 Å². The first-order chi connectivity index (χ1) is 19.5. The maximum Gasteiger partial charge on any atom is 0.249 e. The van der Waals surface area contributed by atoms with Crippen molar-refractivity contribution in [2.24, 2.45) is 27.4 Å². The molecule has 1 aromatic heterocycles. The van der Waals surface area contributed by atoms with Crippen molar-refractivity contribution >= 4 is 28.9 Å². The van der Waals surface area contributed by atoms with Crippen LogP contribution >= 0.6 is 11.3 Å². The van der Waals surface area contributed by atoms with Crippen LogP contribution in [0.4, 0.5) is 0 Å². The first-order valence-corrected chi connectivity index (χ1v) is 15.7. The first kappa shape index (κ1) is 35.8. The van der Waals surface area contributed by atoms with Gasteiger partial charge in [0.05, 0.1) is 6.54 Å². The maximum absolute atomic E-state index is 12.4. The monoisotopic (exact) mass is 579 g/mol. The quantitative estimate of drug-likeness (QED) is 0.128. The molecule has 2 rings (SSSR count). The number of amidine groups is 2. The zero-order valence-electron chi connectivity index (χ0n) is 26.9. The summed E-state index contributed by atoms with van der Waals surface area (Å²) in [5, 5.41) is 2.02. The van der Waals surface area contributed by atoms with Gasteiger partial charge in [0.1, 0.15) is 5.84 Å². The minimum Gasteiger partial charge on any atom is -0.402 e. The Balaban J connectivity index is 0.000000509. The van der Waals surface area contributed by atoms with E-state index in [2.05, 4.69) is 75.8 Å². The molecule has 1 aliphatic heterocycles. The van der Waals surface area contributed by atoms with Crippen molar-refractivity contribution in [3.63, 3.8) is 0 Å². The zero-order chi connectivity index (χ0) is 30.9. The Hall–Kier alpha value is -3.19. The highest BCUT2D eigenvalue weighted by Crippen LogP contribution is 2.29. The Kier molecular flexibility index (Phi) is 16.6. The molecule has 226 valence electrons. The number of nitrogens with zero attached hydrogens (tertiary/aromatic N) is 3. The predicted molar refractivity (Wildman–Crippen MR) is 181 cm³/mol. The van der Waals surface area contributed by atoms with Gasteiger partial charge in [0.25, 0.3) is 0 Å². The minimum absolute atomic E-state index is 0.0941. The van der Waals surface area contributed by atoms with Crippen LogP contribution < -0.4 is 11.5 Å². The van der Waals surface area contributed by atoms with Crippen LogP contribution in [-0.2, 0) is 17.8 Å². The van der Waals surface area contributed by atoms with Crippen molar-refractivity contribution in [1.29, 1.82) is 0 Å². The van der Waals surface area contributed by atoms with Crippen molar-refractivity contribution in [2.45, 2.75) is 94.0 Å². The van der Waals surface area contributed by atoms with Gasteiger partial charge in [-0.3, -0.25) is 9.79 Å². The van der Waals surface area contributed by atoms with E-state index in [1.165, 1.54) is 28.0 Å². The normalized spacial score (nSPS) is 16.5. The van der Waals surface area contributed by atoms with Crippen LogP contribution in [0.15, 0.2) is 74.2 Å². The van der Waals surface area contributed by atoms with Gasteiger partial charge in [-0.15, -0.1) is 11.3 Å². The molecule has 0 fully saturated rings. The van der Waals surface area contributed by atoms with E-state index in [1.807, 2.05) is 30.2 Å². The average molecular weight is 580 g/mol. The van der Waals surface area contributed by atoms with Gasteiger partial charge in [-0.25, -0.2) is 4.99 Å². The summed E-state index contributed by atoms with van der Waals surface area (Å²) >= 11 is 1.62. The van der Waals surface area contributed by atoms with E-state index >= 15 is 0 Å². The summed E-state index contributed by atoms with van der Waals surface area (Å²) in [6.07, 6.45) is 17.3. The van der Waals surface area contributed by atoms with Gasteiger partial charge in [0.2, 0.25) is 5.91 Å². The molecule has 1 unspecified atom stereocenters. The highest BCUT2D eigenvalue weighted by Gasteiger charge is 2.25. The smallest absolute Gasteiger partial charge is 0.249 e. The summed E-state index contributed by atoms with van der Waals surface area (Å²) in [5.41, 5.74) is 18.7. The lowest BCUT2D eigenvalue weighted by Gasteiger charge is -2.27. The number of allylic oxidation sites excluding steroid dienone is 8. The largest absolute Gasteiger partial charge is 0.402 e. The second-order valence-corrected chi connectivity index (χ2v) is 11.5. The average Bonchev–Trinajstić information content (AvgIpc) is 3.41. The number of nitrogens with two attached hydrogens (primary N) is 2. The molecule has 0 saturated carbocycles. The first-order valence-electron chi connectivity index (χ1n) is 14.8. The number of carbonyl (C=O) groups is 1. The third-order valence-electron chi connectivity index (χ3n) is 7.34. The summed E-state index contributed by atoms with van der Waals surface area (Å²) in [6.45, 7) is 18.1. The molecule has 1 aromatic rings. The van der Waals surface area contributed by atoms with E-state index in [1.54, 1.807) is 24.5 Å². The van der Waals surface area contributed by atoms with Crippen molar-refractivity contribution in [1.82, 2.24) is 4.90 Å². The minimum atomic E-state index is 0.0941. The van der Waals surface area contributed by atoms with Crippen LogP contribution in [-0.4, -0.2) is 36.1 Å². The Morgan fingerprint density at radius 1 is 1.17 bits per heavy atom. The summed E-state index contributed by atoms with van der Waals surface area (Å²) in [7, 11) is 1.68. The molecule has 1 atom stereocenters. The highest BCUT2D eigenvalue weighted by atomic mass is 32.1. The fraction of sp³-hybridized carbons (Fsp3) is 0.500. The molecular formula is C34H53N5OS. The van der Waals surface area contributed by atoms with Crippen molar-refractivity contribution in [3.8, 4) is 0 Å². The van der Waals surface area contributed by atoms with E-state index in [9.17, 15) is 4.79 Å². The van der Waals surface area contributed by atoms with E-state index in [4.69, 9.17) is 11.5 Å². The number of carbonyl (C=O) groups excluding carboxylic acids is 1. The maximum atomic E-state index is 12.4. The number of fused-ring (bicyclic) bond motifs is 1. The Morgan fingerprint density at radius 3 is 2.46 bits per heavy atom. The van der Waals surface area contributed by atoms with Gasteiger partial charge in [-0.2, -0.15) is 0 Å². The molecule has 1 amide bonds. The fourth-order valence-electron chi connectivity index (χ4n) is 3.96. The van der Waals surface area contributed by atoms with Gasteiger partial charge in [0, 0.05) is 46.8 Å². The van der Waals surface area contributed by atoms with Crippen LogP contribution in [0.25, 0.3) is 0 Å². The van der Waals surface area contributed by atoms with Gasteiger partial charge in [-0.1, -0.05) is 82.1 Å². The number of aliphatic imine (C=N–C) groups is 2. The van der Waals surface area contributed by atoms with E-state index in [0.717, 1.165) is 42.5 Å². The van der Waals surface area contributed by atoms with Crippen molar-refractivity contribution < 1.29 is 4.79 Å². The molecule has 1 aliphatic rings. The van der Waals surface area contributed by atoms with E-state index < -0.39 is 0 Å². The molecular weight excluding hydrogens is 526 g/mol. The summed E-state index contributed by atoms with van der Waals surface area (Å²) in [5.74, 6) is 1.75. The Labute approximate surface area is 253 Å². The summed E-state index contributed by atoms with van der Waals surface area (Å²) in [4.78, 5) is 24.1. The SMILES string of the molecule is C/C=C(\C)C(=O)N1CCc2c(C(N)=NC(/C=C(\N)CCC)=NC)csc2C1.CCC(C)=C(C)/C=C\C=C/C(C)CC. The molecule has 2 heterocycles. The van der Waals surface area contributed by atoms with Gasteiger partial charge in [-0.05, 0) is 58.4 Å². The topological polar surface area (TPSA) is 97.1 Å². The Morgan fingerprint density at radius 2 is 1.88 bits per heavy atom. The highest BCUT2D eigenvalue weighted by molar-refractivity contribution is 7.10. The molecule has 4 N–H and O–H groups in total. The molecule has 0 aliphatic carbocycles. The Bertz CT molecular complexity index is 1210. The third kappa shape index (κ3) is 12.1. The predicted octanol–water partition coefficient (Wildman–Crippen LogP) is 7.87. The lowest BCUT2D eigenvalue weighted by molar-refractivity contribution is -0.127. The van der Waals surface area contributed by atoms with Crippen LogP contribution in [0.5, 0.6) is 0 Å². The second kappa shape index (κ2) is 19.0. The number of hydrogen-bond donors (Lipinski definition) is 2. The molecule has 0 radical (unpaired) electrons. The van der Waals surface area contributed by atoms with Crippen LogP contribution in [0.1, 0.15) is 97.1 Å². The lowest BCUT2D eigenvalue weighted by Crippen LogP contribution is -2.36. The molecule has 41 heavy (non-hydrogen) atoms. The number of rotatable bonds is 10. The summed E-state index contributed by atoms with van der Waals surface area (Å²) in [6, 6.07) is 0. The van der Waals surface area contributed by atoms with E-state index in [-0.39, 0.29) is 5.91 Å². The van der Waals surface area contributed by atoms with Crippen LogP contribution in [0, 0.1) is 5.92 Å².